The maximum absolute atomic E-state index is 10.5. The summed E-state index contributed by atoms with van der Waals surface area (Å²) in [5.74, 6) is 0. The van der Waals surface area contributed by atoms with Gasteiger partial charge in [0.05, 0.1) is 6.10 Å². The number of likely N-dealkylation sites (tertiary alicyclic amines) is 1. The predicted molar refractivity (Wildman–Crippen MR) is 69.7 cm³/mol. The SMILES string of the molecule is CN1CCC2(CC1)C1=C(CC=CC=C1)CC2O. The molecule has 17 heavy (non-hydrogen) atoms. The Balaban J connectivity index is 1.95. The van der Waals surface area contributed by atoms with Gasteiger partial charge in [0.15, 0.2) is 0 Å². The molecule has 0 aromatic carbocycles. The normalized spacial score (nSPS) is 32.0. The largest absolute Gasteiger partial charge is 0.392 e. The lowest BCUT2D eigenvalue weighted by Gasteiger charge is -2.41. The fourth-order valence-corrected chi connectivity index (χ4v) is 3.61. The first kappa shape index (κ1) is 11.2. The summed E-state index contributed by atoms with van der Waals surface area (Å²) in [6, 6.07) is 0. The van der Waals surface area contributed by atoms with Gasteiger partial charge in [-0.2, -0.15) is 0 Å². The van der Waals surface area contributed by atoms with Crippen molar-refractivity contribution in [2.24, 2.45) is 5.41 Å². The molecule has 3 rings (SSSR count). The van der Waals surface area contributed by atoms with Gasteiger partial charge in [-0.3, -0.25) is 0 Å². The second-order valence-corrected chi connectivity index (χ2v) is 5.69. The van der Waals surface area contributed by atoms with E-state index in [1.807, 2.05) is 0 Å². The van der Waals surface area contributed by atoms with Gasteiger partial charge in [-0.1, -0.05) is 29.9 Å². The Morgan fingerprint density at radius 1 is 1.29 bits per heavy atom. The van der Waals surface area contributed by atoms with Crippen molar-refractivity contribution < 1.29 is 5.11 Å². The Morgan fingerprint density at radius 2 is 2.06 bits per heavy atom. The zero-order chi connectivity index (χ0) is 11.9. The summed E-state index contributed by atoms with van der Waals surface area (Å²) in [4.78, 5) is 2.37. The third-order valence-electron chi connectivity index (χ3n) is 4.75. The van der Waals surface area contributed by atoms with E-state index in [9.17, 15) is 5.11 Å². The summed E-state index contributed by atoms with van der Waals surface area (Å²) in [6.45, 7) is 2.21. The Morgan fingerprint density at radius 3 is 2.82 bits per heavy atom. The first-order valence-corrected chi connectivity index (χ1v) is 6.65. The van der Waals surface area contributed by atoms with E-state index in [-0.39, 0.29) is 11.5 Å². The van der Waals surface area contributed by atoms with Crippen molar-refractivity contribution >= 4 is 0 Å². The zero-order valence-electron chi connectivity index (χ0n) is 10.5. The van der Waals surface area contributed by atoms with Crippen molar-refractivity contribution in [3.8, 4) is 0 Å². The van der Waals surface area contributed by atoms with Crippen LogP contribution in [0.2, 0.25) is 0 Å². The van der Waals surface area contributed by atoms with Crippen molar-refractivity contribution in [1.29, 1.82) is 0 Å². The maximum Gasteiger partial charge on any atom is 0.0675 e. The number of hydrogen-bond acceptors (Lipinski definition) is 2. The monoisotopic (exact) mass is 231 g/mol. The lowest BCUT2D eigenvalue weighted by Crippen LogP contribution is -2.43. The molecular weight excluding hydrogens is 210 g/mol. The molecule has 1 fully saturated rings. The van der Waals surface area contributed by atoms with Crippen LogP contribution in [0, 0.1) is 5.41 Å². The lowest BCUT2D eigenvalue weighted by atomic mass is 9.71. The first-order valence-electron chi connectivity index (χ1n) is 6.65. The highest BCUT2D eigenvalue weighted by Gasteiger charge is 2.47. The summed E-state index contributed by atoms with van der Waals surface area (Å²) in [6.07, 6.45) is 12.7. The Labute approximate surface area is 103 Å². The number of aliphatic hydroxyl groups excluding tert-OH is 1. The third kappa shape index (κ3) is 1.71. The molecule has 1 unspecified atom stereocenters. The van der Waals surface area contributed by atoms with Crippen molar-refractivity contribution in [3.05, 3.63) is 35.5 Å². The minimum atomic E-state index is -0.155. The number of hydrogen-bond donors (Lipinski definition) is 1. The molecule has 0 aromatic rings. The van der Waals surface area contributed by atoms with E-state index in [1.165, 1.54) is 11.1 Å². The van der Waals surface area contributed by atoms with Gasteiger partial charge in [-0.05, 0) is 51.4 Å². The van der Waals surface area contributed by atoms with E-state index in [0.29, 0.717) is 0 Å². The molecule has 2 aliphatic carbocycles. The molecule has 1 atom stereocenters. The smallest absolute Gasteiger partial charge is 0.0675 e. The maximum atomic E-state index is 10.5. The minimum Gasteiger partial charge on any atom is -0.392 e. The summed E-state index contributed by atoms with van der Waals surface area (Å²) >= 11 is 0. The quantitative estimate of drug-likeness (QED) is 0.691. The number of aliphatic hydroxyl groups is 1. The molecule has 1 aliphatic heterocycles. The van der Waals surface area contributed by atoms with Gasteiger partial charge in [0.2, 0.25) is 0 Å². The van der Waals surface area contributed by atoms with Gasteiger partial charge in [0, 0.05) is 5.41 Å². The van der Waals surface area contributed by atoms with Gasteiger partial charge in [-0.15, -0.1) is 0 Å². The molecule has 3 aliphatic rings. The Kier molecular flexibility index (Phi) is 2.72. The predicted octanol–water partition coefficient (Wildman–Crippen LogP) is 2.28. The molecule has 0 radical (unpaired) electrons. The highest BCUT2D eigenvalue weighted by molar-refractivity contribution is 5.43. The average molecular weight is 231 g/mol. The van der Waals surface area contributed by atoms with Crippen LogP contribution in [0.5, 0.6) is 0 Å². The van der Waals surface area contributed by atoms with Crippen LogP contribution in [0.4, 0.5) is 0 Å². The molecule has 1 saturated heterocycles. The van der Waals surface area contributed by atoms with Crippen LogP contribution in [-0.4, -0.2) is 36.2 Å². The zero-order valence-corrected chi connectivity index (χ0v) is 10.5. The Bertz CT molecular complexity index is 397. The average Bonchev–Trinajstić information content (AvgIpc) is 2.51. The molecule has 2 nitrogen and oxygen atoms in total. The summed E-state index contributed by atoms with van der Waals surface area (Å²) in [5, 5.41) is 10.5. The van der Waals surface area contributed by atoms with Gasteiger partial charge in [0.25, 0.3) is 0 Å². The van der Waals surface area contributed by atoms with E-state index < -0.39 is 0 Å². The number of allylic oxidation sites excluding steroid dienone is 4. The summed E-state index contributed by atoms with van der Waals surface area (Å²) < 4.78 is 0. The second-order valence-electron chi connectivity index (χ2n) is 5.69. The van der Waals surface area contributed by atoms with Crippen molar-refractivity contribution in [2.45, 2.75) is 31.8 Å². The topological polar surface area (TPSA) is 23.5 Å². The molecule has 1 heterocycles. The molecular formula is C15H21NO. The van der Waals surface area contributed by atoms with Crippen molar-refractivity contribution in [3.63, 3.8) is 0 Å². The molecule has 1 N–H and O–H groups in total. The van der Waals surface area contributed by atoms with Gasteiger partial charge < -0.3 is 10.0 Å². The van der Waals surface area contributed by atoms with Crippen LogP contribution in [-0.2, 0) is 0 Å². The van der Waals surface area contributed by atoms with Crippen LogP contribution >= 0.6 is 0 Å². The number of fused-ring (bicyclic) bond motifs is 1. The third-order valence-corrected chi connectivity index (χ3v) is 4.75. The highest BCUT2D eigenvalue weighted by atomic mass is 16.3. The lowest BCUT2D eigenvalue weighted by molar-refractivity contribution is 0.0219. The molecule has 1 spiro atoms. The van der Waals surface area contributed by atoms with E-state index >= 15 is 0 Å². The minimum absolute atomic E-state index is 0.0599. The van der Waals surface area contributed by atoms with Gasteiger partial charge in [0.1, 0.15) is 0 Å². The van der Waals surface area contributed by atoms with E-state index in [0.717, 1.165) is 38.8 Å². The Hall–Kier alpha value is -0.860. The van der Waals surface area contributed by atoms with Crippen LogP contribution in [0.1, 0.15) is 25.7 Å². The molecule has 0 bridgehead atoms. The summed E-state index contributed by atoms with van der Waals surface area (Å²) in [5.41, 5.74) is 2.97. The van der Waals surface area contributed by atoms with E-state index in [2.05, 4.69) is 36.3 Å². The van der Waals surface area contributed by atoms with E-state index in [4.69, 9.17) is 0 Å². The van der Waals surface area contributed by atoms with E-state index in [1.54, 1.807) is 0 Å². The van der Waals surface area contributed by atoms with Crippen LogP contribution in [0.3, 0.4) is 0 Å². The fourth-order valence-electron chi connectivity index (χ4n) is 3.61. The van der Waals surface area contributed by atoms with Crippen LogP contribution in [0.25, 0.3) is 0 Å². The fraction of sp³-hybridized carbons (Fsp3) is 0.600. The molecule has 2 heteroatoms. The van der Waals surface area contributed by atoms with Crippen LogP contribution < -0.4 is 0 Å². The number of rotatable bonds is 0. The van der Waals surface area contributed by atoms with Gasteiger partial charge >= 0.3 is 0 Å². The molecule has 92 valence electrons. The second kappa shape index (κ2) is 4.11. The molecule has 0 amide bonds. The first-order chi connectivity index (χ1) is 8.22. The molecule has 0 saturated carbocycles. The molecule has 0 aromatic heterocycles. The standard InChI is InChI=1S/C15H21NO/c1-16-9-7-15(8-10-16)13-6-4-2-3-5-12(13)11-14(15)17/h2-4,6,14,17H,5,7-11H2,1H3. The van der Waals surface area contributed by atoms with Crippen LogP contribution in [0.15, 0.2) is 35.5 Å². The highest BCUT2D eigenvalue weighted by Crippen LogP contribution is 2.51. The summed E-state index contributed by atoms with van der Waals surface area (Å²) in [7, 11) is 2.17. The number of piperidine rings is 1. The number of nitrogens with zero attached hydrogens (tertiary/aromatic N) is 1. The van der Waals surface area contributed by atoms with Crippen molar-refractivity contribution in [2.75, 3.05) is 20.1 Å². The van der Waals surface area contributed by atoms with Gasteiger partial charge in [-0.25, -0.2) is 0 Å². The van der Waals surface area contributed by atoms with Crippen molar-refractivity contribution in [1.82, 2.24) is 4.90 Å².